The van der Waals surface area contributed by atoms with Gasteiger partial charge in [-0.3, -0.25) is 9.59 Å². The predicted molar refractivity (Wildman–Crippen MR) is 73.5 cm³/mol. The lowest BCUT2D eigenvalue weighted by atomic mass is 9.78. The van der Waals surface area contributed by atoms with E-state index in [4.69, 9.17) is 22.7 Å². The van der Waals surface area contributed by atoms with Crippen molar-refractivity contribution in [3.05, 3.63) is 0 Å². The summed E-state index contributed by atoms with van der Waals surface area (Å²) < 4.78 is 9.85. The molecule has 0 bridgehead atoms. The van der Waals surface area contributed by atoms with E-state index >= 15 is 0 Å². The van der Waals surface area contributed by atoms with Gasteiger partial charge in [-0.2, -0.15) is 0 Å². The van der Waals surface area contributed by atoms with E-state index in [0.717, 1.165) is 0 Å². The van der Waals surface area contributed by atoms with Gasteiger partial charge in [-0.05, 0) is 19.8 Å². The summed E-state index contributed by atoms with van der Waals surface area (Å²) >= 11 is 5.07. The number of hydrogen-bond donors (Lipinski definition) is 1. The van der Waals surface area contributed by atoms with Gasteiger partial charge in [-0.1, -0.05) is 12.2 Å². The summed E-state index contributed by atoms with van der Waals surface area (Å²) in [5.41, 5.74) is 4.88. The summed E-state index contributed by atoms with van der Waals surface area (Å²) in [5.74, 6) is -0.670. The lowest BCUT2D eigenvalue weighted by Crippen LogP contribution is -2.54. The van der Waals surface area contributed by atoms with Crippen molar-refractivity contribution < 1.29 is 19.1 Å². The molecule has 0 saturated carbocycles. The molecule has 1 aliphatic rings. The largest absolute Gasteiger partial charge is 0.468 e. The van der Waals surface area contributed by atoms with Crippen LogP contribution in [-0.4, -0.2) is 55.2 Å². The van der Waals surface area contributed by atoms with Crippen LogP contribution in [0.2, 0.25) is 0 Å². The van der Waals surface area contributed by atoms with Gasteiger partial charge in [0.15, 0.2) is 0 Å². The number of methoxy groups -OCH3 is 1. The number of amides is 1. The Kier molecular flexibility index (Phi) is 5.68. The highest BCUT2D eigenvalue weighted by molar-refractivity contribution is 7.80. The van der Waals surface area contributed by atoms with Crippen molar-refractivity contribution in [1.82, 2.24) is 4.90 Å². The van der Waals surface area contributed by atoms with Gasteiger partial charge in [-0.15, -0.1) is 0 Å². The molecular formula is C12H20N2O4S. The molecule has 0 atom stereocenters. The monoisotopic (exact) mass is 288 g/mol. The third kappa shape index (κ3) is 3.42. The lowest BCUT2D eigenvalue weighted by Gasteiger charge is -2.38. The minimum atomic E-state index is -0.891. The summed E-state index contributed by atoms with van der Waals surface area (Å²) in [4.78, 5) is 25.6. The molecule has 1 heterocycles. The highest BCUT2D eigenvalue weighted by Crippen LogP contribution is 2.33. The first-order valence-corrected chi connectivity index (χ1v) is 6.62. The summed E-state index contributed by atoms with van der Waals surface area (Å²) in [5, 5.41) is 0. The van der Waals surface area contributed by atoms with E-state index in [2.05, 4.69) is 4.74 Å². The first-order valence-electron chi connectivity index (χ1n) is 6.21. The molecule has 1 saturated heterocycles. The normalized spacial score (nSPS) is 17.6. The fraction of sp³-hybridized carbons (Fsp3) is 0.750. The number of carbonyl (C=O) groups excluding carboxylic acids is 2. The summed E-state index contributed by atoms with van der Waals surface area (Å²) in [7, 11) is 1.29. The molecule has 0 spiro atoms. The number of ether oxygens (including phenoxy) is 2. The first-order chi connectivity index (χ1) is 8.97. The zero-order valence-electron chi connectivity index (χ0n) is 11.3. The van der Waals surface area contributed by atoms with E-state index in [1.54, 1.807) is 6.92 Å². The molecule has 1 aliphatic heterocycles. The van der Waals surface area contributed by atoms with Crippen LogP contribution >= 0.6 is 12.2 Å². The maximum Gasteiger partial charge on any atom is 0.325 e. The second-order valence-corrected chi connectivity index (χ2v) is 4.89. The van der Waals surface area contributed by atoms with E-state index in [1.807, 2.05) is 0 Å². The van der Waals surface area contributed by atoms with E-state index in [0.29, 0.717) is 32.6 Å². The van der Waals surface area contributed by atoms with Crippen LogP contribution in [0.4, 0.5) is 0 Å². The summed E-state index contributed by atoms with van der Waals surface area (Å²) in [6.45, 7) is 3.00. The van der Waals surface area contributed by atoms with E-state index in [9.17, 15) is 9.59 Å². The highest BCUT2D eigenvalue weighted by Gasteiger charge is 2.45. The highest BCUT2D eigenvalue weighted by atomic mass is 32.1. The molecule has 19 heavy (non-hydrogen) atoms. The molecule has 0 aromatic carbocycles. The number of carbonyl (C=O) groups is 2. The molecule has 1 fully saturated rings. The zero-order chi connectivity index (χ0) is 14.5. The van der Waals surface area contributed by atoms with Crippen molar-refractivity contribution in [3.8, 4) is 0 Å². The second-order valence-electron chi connectivity index (χ2n) is 4.45. The van der Waals surface area contributed by atoms with Crippen molar-refractivity contribution in [2.45, 2.75) is 19.8 Å². The van der Waals surface area contributed by atoms with Crippen molar-refractivity contribution in [3.63, 3.8) is 0 Å². The number of hydrogen-bond acceptors (Lipinski definition) is 5. The molecular weight excluding hydrogens is 268 g/mol. The first kappa shape index (κ1) is 15.8. The van der Waals surface area contributed by atoms with Crippen LogP contribution in [0, 0.1) is 5.41 Å². The molecule has 6 nitrogen and oxygen atoms in total. The van der Waals surface area contributed by atoms with Crippen LogP contribution in [0.3, 0.4) is 0 Å². The Bertz CT molecular complexity index is 367. The van der Waals surface area contributed by atoms with Gasteiger partial charge in [0.25, 0.3) is 0 Å². The standard InChI is InChI=1S/C12H20N2O4S/c1-3-14(8-9(15)17-2)11(16)12(10(13)19)4-6-18-7-5-12/h3-8H2,1-2H3,(H2,13,19). The van der Waals surface area contributed by atoms with Gasteiger partial charge in [0.2, 0.25) is 5.91 Å². The summed E-state index contributed by atoms with van der Waals surface area (Å²) in [6, 6.07) is 0. The minimum Gasteiger partial charge on any atom is -0.468 e. The zero-order valence-corrected chi connectivity index (χ0v) is 12.1. The maximum atomic E-state index is 12.6. The van der Waals surface area contributed by atoms with Crippen LogP contribution in [0.1, 0.15) is 19.8 Å². The Morgan fingerprint density at radius 2 is 2.00 bits per heavy atom. The van der Waals surface area contributed by atoms with Crippen LogP contribution in [0.15, 0.2) is 0 Å². The summed E-state index contributed by atoms with van der Waals surface area (Å²) in [6.07, 6.45) is 0.914. The second kappa shape index (κ2) is 6.81. The van der Waals surface area contributed by atoms with Crippen LogP contribution < -0.4 is 5.73 Å². The quantitative estimate of drug-likeness (QED) is 0.570. The molecule has 0 aromatic rings. The number of likely N-dealkylation sites (N-methyl/N-ethyl adjacent to an activating group) is 1. The SMILES string of the molecule is CCN(CC(=O)OC)C(=O)C1(C(N)=S)CCOCC1. The Morgan fingerprint density at radius 1 is 1.42 bits per heavy atom. The van der Waals surface area contributed by atoms with Crippen molar-refractivity contribution in [2.24, 2.45) is 11.1 Å². The topological polar surface area (TPSA) is 81.9 Å². The third-order valence-corrected chi connectivity index (χ3v) is 3.83. The van der Waals surface area contributed by atoms with E-state index < -0.39 is 11.4 Å². The average molecular weight is 288 g/mol. The van der Waals surface area contributed by atoms with Crippen molar-refractivity contribution in [1.29, 1.82) is 0 Å². The fourth-order valence-electron chi connectivity index (χ4n) is 2.14. The van der Waals surface area contributed by atoms with Crippen LogP contribution in [-0.2, 0) is 19.1 Å². The number of nitrogens with two attached hydrogens (primary N) is 1. The Hall–Kier alpha value is -1.21. The molecule has 0 radical (unpaired) electrons. The Morgan fingerprint density at radius 3 is 2.42 bits per heavy atom. The third-order valence-electron chi connectivity index (χ3n) is 3.44. The lowest BCUT2D eigenvalue weighted by molar-refractivity contribution is -0.151. The molecule has 2 N–H and O–H groups in total. The van der Waals surface area contributed by atoms with Gasteiger partial charge >= 0.3 is 5.97 Å². The maximum absolute atomic E-state index is 12.6. The number of nitrogens with zero attached hydrogens (tertiary/aromatic N) is 1. The van der Waals surface area contributed by atoms with Crippen molar-refractivity contribution >= 4 is 29.1 Å². The van der Waals surface area contributed by atoms with E-state index in [1.165, 1.54) is 12.0 Å². The molecule has 7 heteroatoms. The Balaban J connectivity index is 2.91. The van der Waals surface area contributed by atoms with Gasteiger partial charge in [0.05, 0.1) is 12.1 Å². The Labute approximate surface area is 118 Å². The van der Waals surface area contributed by atoms with Gasteiger partial charge < -0.3 is 20.1 Å². The van der Waals surface area contributed by atoms with Crippen LogP contribution in [0.5, 0.6) is 0 Å². The molecule has 0 aromatic heterocycles. The minimum absolute atomic E-state index is 0.0863. The van der Waals surface area contributed by atoms with Gasteiger partial charge in [-0.25, -0.2) is 0 Å². The fourth-order valence-corrected chi connectivity index (χ4v) is 2.43. The number of rotatable bonds is 5. The molecule has 0 aliphatic carbocycles. The van der Waals surface area contributed by atoms with Gasteiger partial charge in [0, 0.05) is 19.8 Å². The molecule has 1 rings (SSSR count). The van der Waals surface area contributed by atoms with E-state index in [-0.39, 0.29) is 17.4 Å². The van der Waals surface area contributed by atoms with Gasteiger partial charge in [0.1, 0.15) is 12.0 Å². The molecule has 108 valence electrons. The van der Waals surface area contributed by atoms with Crippen molar-refractivity contribution in [2.75, 3.05) is 33.4 Å². The number of thiocarbonyl (C=S) groups is 1. The van der Waals surface area contributed by atoms with Crippen LogP contribution in [0.25, 0.3) is 0 Å². The predicted octanol–water partition coefficient (Wildman–Crippen LogP) is 0.0908. The molecule has 1 amide bonds. The smallest absolute Gasteiger partial charge is 0.325 e. The number of esters is 1. The average Bonchev–Trinajstić information content (AvgIpc) is 2.44. The molecule has 0 unspecified atom stereocenters.